The summed E-state index contributed by atoms with van der Waals surface area (Å²) >= 11 is 5.84. The molecule has 2 N–H and O–H groups in total. The van der Waals surface area contributed by atoms with Gasteiger partial charge in [0.1, 0.15) is 0 Å². The van der Waals surface area contributed by atoms with Gasteiger partial charge < -0.3 is 15.5 Å². The van der Waals surface area contributed by atoms with Crippen LogP contribution in [0.1, 0.15) is 18.4 Å². The van der Waals surface area contributed by atoms with Gasteiger partial charge in [-0.3, -0.25) is 4.79 Å². The first-order valence-corrected chi connectivity index (χ1v) is 7.82. The first-order valence-electron chi connectivity index (χ1n) is 7.44. The van der Waals surface area contributed by atoms with Gasteiger partial charge in [0, 0.05) is 24.5 Å². The number of amides is 1. The molecule has 0 heterocycles. The van der Waals surface area contributed by atoms with E-state index in [9.17, 15) is 4.79 Å². The zero-order chi connectivity index (χ0) is 15.5. The molecule has 21 heavy (non-hydrogen) atoms. The summed E-state index contributed by atoms with van der Waals surface area (Å²) in [6.45, 7) is 3.34. The topological polar surface area (TPSA) is 44.4 Å². The highest BCUT2D eigenvalue weighted by molar-refractivity contribution is 6.30. The Hall–Kier alpha value is -1.10. The largest absolute Gasteiger partial charge is 0.356 e. The van der Waals surface area contributed by atoms with Crippen molar-refractivity contribution in [1.29, 1.82) is 0 Å². The minimum atomic E-state index is 0.118. The van der Waals surface area contributed by atoms with E-state index in [0.717, 1.165) is 37.5 Å². The van der Waals surface area contributed by atoms with Gasteiger partial charge in [-0.25, -0.2) is 0 Å². The van der Waals surface area contributed by atoms with Crippen LogP contribution in [0.15, 0.2) is 24.3 Å². The van der Waals surface area contributed by atoms with Gasteiger partial charge in [-0.2, -0.15) is 0 Å². The zero-order valence-corrected chi connectivity index (χ0v) is 13.7. The van der Waals surface area contributed by atoms with Gasteiger partial charge in [0.2, 0.25) is 5.91 Å². The van der Waals surface area contributed by atoms with Gasteiger partial charge in [0.25, 0.3) is 0 Å². The highest BCUT2D eigenvalue weighted by atomic mass is 35.5. The molecule has 0 bridgehead atoms. The Morgan fingerprint density at radius 2 is 1.86 bits per heavy atom. The van der Waals surface area contributed by atoms with Crippen molar-refractivity contribution in [3.05, 3.63) is 34.9 Å². The van der Waals surface area contributed by atoms with Crippen LogP contribution in [0.3, 0.4) is 0 Å². The molecule has 5 heteroatoms. The second-order valence-electron chi connectivity index (χ2n) is 5.38. The lowest BCUT2D eigenvalue weighted by atomic mass is 10.1. The fourth-order valence-electron chi connectivity index (χ4n) is 1.92. The number of benzene rings is 1. The fourth-order valence-corrected chi connectivity index (χ4v) is 2.05. The van der Waals surface area contributed by atoms with E-state index < -0.39 is 0 Å². The third-order valence-electron chi connectivity index (χ3n) is 3.14. The first kappa shape index (κ1) is 18.0. The third-order valence-corrected chi connectivity index (χ3v) is 3.39. The van der Waals surface area contributed by atoms with E-state index in [1.54, 1.807) is 0 Å². The van der Waals surface area contributed by atoms with Crippen LogP contribution in [0.5, 0.6) is 0 Å². The van der Waals surface area contributed by atoms with Gasteiger partial charge in [-0.1, -0.05) is 23.7 Å². The zero-order valence-electron chi connectivity index (χ0n) is 13.0. The maximum absolute atomic E-state index is 11.6. The molecule has 1 amide bonds. The third kappa shape index (κ3) is 9.45. The Bertz CT molecular complexity index is 406. The predicted octanol–water partition coefficient (Wildman–Crippen LogP) is 1.93. The molecule has 1 aromatic carbocycles. The highest BCUT2D eigenvalue weighted by Crippen LogP contribution is 2.09. The molecule has 0 aliphatic carbocycles. The Labute approximate surface area is 132 Å². The van der Waals surface area contributed by atoms with Gasteiger partial charge in [-0.05, 0) is 57.7 Å². The maximum atomic E-state index is 11.6. The monoisotopic (exact) mass is 311 g/mol. The number of halogens is 1. The van der Waals surface area contributed by atoms with Crippen LogP contribution in [-0.2, 0) is 11.2 Å². The summed E-state index contributed by atoms with van der Waals surface area (Å²) in [5.74, 6) is 0.118. The smallest absolute Gasteiger partial charge is 0.221 e. The molecule has 0 unspecified atom stereocenters. The van der Waals surface area contributed by atoms with Crippen LogP contribution in [0, 0.1) is 0 Å². The number of rotatable bonds is 10. The molecule has 0 radical (unpaired) electrons. The summed E-state index contributed by atoms with van der Waals surface area (Å²) in [5.41, 5.74) is 1.25. The molecule has 0 fully saturated rings. The highest BCUT2D eigenvalue weighted by Gasteiger charge is 2.00. The minimum absolute atomic E-state index is 0.118. The molecular weight excluding hydrogens is 286 g/mol. The van der Waals surface area contributed by atoms with Crippen molar-refractivity contribution < 1.29 is 4.79 Å². The molecule has 0 spiro atoms. The van der Waals surface area contributed by atoms with E-state index in [1.165, 1.54) is 5.56 Å². The summed E-state index contributed by atoms with van der Waals surface area (Å²) in [6.07, 6.45) is 2.47. The Morgan fingerprint density at radius 1 is 1.14 bits per heavy atom. The van der Waals surface area contributed by atoms with Crippen molar-refractivity contribution in [2.75, 3.05) is 40.3 Å². The summed E-state index contributed by atoms with van der Waals surface area (Å²) in [6, 6.07) is 7.86. The van der Waals surface area contributed by atoms with E-state index in [0.29, 0.717) is 13.0 Å². The number of hydrogen-bond acceptors (Lipinski definition) is 3. The van der Waals surface area contributed by atoms with Crippen molar-refractivity contribution in [2.24, 2.45) is 0 Å². The molecule has 4 nitrogen and oxygen atoms in total. The average Bonchev–Trinajstić information content (AvgIpc) is 2.45. The minimum Gasteiger partial charge on any atom is -0.356 e. The molecule has 0 saturated carbocycles. The first-order chi connectivity index (χ1) is 10.1. The molecule has 0 saturated heterocycles. The van der Waals surface area contributed by atoms with E-state index in [-0.39, 0.29) is 5.91 Å². The van der Waals surface area contributed by atoms with Gasteiger partial charge >= 0.3 is 0 Å². The quantitative estimate of drug-likeness (QED) is 0.649. The van der Waals surface area contributed by atoms with E-state index >= 15 is 0 Å². The summed E-state index contributed by atoms with van der Waals surface area (Å²) in [5, 5.41) is 6.98. The van der Waals surface area contributed by atoms with Crippen molar-refractivity contribution in [2.45, 2.75) is 19.3 Å². The number of nitrogens with one attached hydrogen (secondary N) is 2. The van der Waals surface area contributed by atoms with Gasteiger partial charge in [-0.15, -0.1) is 0 Å². The van der Waals surface area contributed by atoms with Crippen LogP contribution in [-0.4, -0.2) is 51.1 Å². The predicted molar refractivity (Wildman–Crippen MR) is 88.8 cm³/mol. The van der Waals surface area contributed by atoms with Crippen molar-refractivity contribution in [3.8, 4) is 0 Å². The normalized spacial score (nSPS) is 10.9. The second kappa shape index (κ2) is 10.6. The second-order valence-corrected chi connectivity index (χ2v) is 5.82. The van der Waals surface area contributed by atoms with E-state index in [2.05, 4.69) is 15.5 Å². The number of hydrogen-bond donors (Lipinski definition) is 2. The summed E-state index contributed by atoms with van der Waals surface area (Å²) in [4.78, 5) is 13.7. The van der Waals surface area contributed by atoms with Crippen molar-refractivity contribution in [1.82, 2.24) is 15.5 Å². The van der Waals surface area contributed by atoms with Crippen LogP contribution in [0.2, 0.25) is 5.02 Å². The Kier molecular flexibility index (Phi) is 9.06. The maximum Gasteiger partial charge on any atom is 0.221 e. The lowest BCUT2D eigenvalue weighted by molar-refractivity contribution is -0.121. The summed E-state index contributed by atoms with van der Waals surface area (Å²) < 4.78 is 0. The van der Waals surface area contributed by atoms with Crippen LogP contribution >= 0.6 is 11.6 Å². The SMILES string of the molecule is CN(C)CCCNC(=O)CCNCCc1ccc(Cl)cc1. The number of carbonyl (C=O) groups excluding carboxylic acids is 1. The molecule has 0 aliphatic rings. The van der Waals surface area contributed by atoms with E-state index in [1.807, 2.05) is 38.4 Å². The van der Waals surface area contributed by atoms with E-state index in [4.69, 9.17) is 11.6 Å². The van der Waals surface area contributed by atoms with Gasteiger partial charge in [0.15, 0.2) is 0 Å². The lowest BCUT2D eigenvalue weighted by Gasteiger charge is -2.10. The summed E-state index contributed by atoms with van der Waals surface area (Å²) in [7, 11) is 4.07. The number of carbonyl (C=O) groups is 1. The average molecular weight is 312 g/mol. The van der Waals surface area contributed by atoms with Crippen LogP contribution in [0.4, 0.5) is 0 Å². The number of nitrogens with zero attached hydrogens (tertiary/aromatic N) is 1. The molecule has 1 aromatic rings. The lowest BCUT2D eigenvalue weighted by Crippen LogP contribution is -2.30. The Morgan fingerprint density at radius 3 is 2.52 bits per heavy atom. The van der Waals surface area contributed by atoms with Crippen LogP contribution in [0.25, 0.3) is 0 Å². The molecule has 0 aliphatic heterocycles. The molecule has 1 rings (SSSR count). The van der Waals surface area contributed by atoms with Crippen LogP contribution < -0.4 is 10.6 Å². The molecule has 0 aromatic heterocycles. The molecule has 0 atom stereocenters. The van der Waals surface area contributed by atoms with Gasteiger partial charge in [0.05, 0.1) is 0 Å². The molecular formula is C16H26ClN3O. The fraction of sp³-hybridized carbons (Fsp3) is 0.562. The Balaban J connectivity index is 1.98. The standard InChI is InChI=1S/C16H26ClN3O/c1-20(2)13-3-10-19-16(21)9-12-18-11-8-14-4-6-15(17)7-5-14/h4-7,18H,3,8-13H2,1-2H3,(H,19,21). The van der Waals surface area contributed by atoms with Crippen molar-refractivity contribution >= 4 is 17.5 Å². The molecule has 118 valence electrons. The van der Waals surface area contributed by atoms with Crippen molar-refractivity contribution in [3.63, 3.8) is 0 Å².